The zero-order chi connectivity index (χ0) is 7.56. The fourth-order valence-electron chi connectivity index (χ4n) is 1.22. The van der Waals surface area contributed by atoms with Crippen LogP contribution in [0.4, 0.5) is 0 Å². The first-order chi connectivity index (χ1) is 4.77. The van der Waals surface area contributed by atoms with Crippen LogP contribution in [0.15, 0.2) is 0 Å². The van der Waals surface area contributed by atoms with Crippen molar-refractivity contribution in [2.75, 3.05) is 6.61 Å². The van der Waals surface area contributed by atoms with Crippen molar-refractivity contribution in [1.82, 2.24) is 5.43 Å². The van der Waals surface area contributed by atoms with E-state index in [-0.39, 0.29) is 18.4 Å². The SMILES string of the molecule is NNC(=O)C1CC(CO)C1. The Bertz CT molecular complexity index is 132. The zero-order valence-corrected chi connectivity index (χ0v) is 5.71. The molecule has 4 heteroatoms. The number of hydrogen-bond acceptors (Lipinski definition) is 3. The molecular weight excluding hydrogens is 132 g/mol. The van der Waals surface area contributed by atoms with E-state index in [2.05, 4.69) is 5.43 Å². The van der Waals surface area contributed by atoms with E-state index in [4.69, 9.17) is 10.9 Å². The topological polar surface area (TPSA) is 75.3 Å². The van der Waals surface area contributed by atoms with E-state index in [0.29, 0.717) is 5.92 Å². The predicted octanol–water partition coefficient (Wildman–Crippen LogP) is -1.01. The maximum absolute atomic E-state index is 10.7. The third-order valence-electron chi connectivity index (χ3n) is 2.01. The third-order valence-corrected chi connectivity index (χ3v) is 2.01. The summed E-state index contributed by atoms with van der Waals surface area (Å²) in [4.78, 5) is 10.7. The van der Waals surface area contributed by atoms with Gasteiger partial charge in [-0.3, -0.25) is 10.2 Å². The first-order valence-electron chi connectivity index (χ1n) is 3.39. The van der Waals surface area contributed by atoms with Gasteiger partial charge in [-0.2, -0.15) is 0 Å². The van der Waals surface area contributed by atoms with Crippen molar-refractivity contribution >= 4 is 5.91 Å². The highest BCUT2D eigenvalue weighted by Gasteiger charge is 2.33. The third kappa shape index (κ3) is 1.27. The Balaban J connectivity index is 2.19. The van der Waals surface area contributed by atoms with Crippen LogP contribution in [0.5, 0.6) is 0 Å². The maximum Gasteiger partial charge on any atom is 0.237 e. The number of carbonyl (C=O) groups is 1. The summed E-state index contributed by atoms with van der Waals surface area (Å²) in [6.45, 7) is 0.189. The van der Waals surface area contributed by atoms with Gasteiger partial charge in [-0.1, -0.05) is 0 Å². The van der Waals surface area contributed by atoms with Crippen molar-refractivity contribution in [3.8, 4) is 0 Å². The van der Waals surface area contributed by atoms with Crippen LogP contribution >= 0.6 is 0 Å². The normalized spacial score (nSPS) is 31.0. The minimum Gasteiger partial charge on any atom is -0.396 e. The van der Waals surface area contributed by atoms with Gasteiger partial charge in [0.05, 0.1) is 0 Å². The minimum atomic E-state index is -0.107. The fraction of sp³-hybridized carbons (Fsp3) is 0.833. The van der Waals surface area contributed by atoms with Gasteiger partial charge >= 0.3 is 0 Å². The van der Waals surface area contributed by atoms with E-state index in [1.165, 1.54) is 0 Å². The molecule has 0 unspecified atom stereocenters. The molecule has 4 N–H and O–H groups in total. The maximum atomic E-state index is 10.7. The molecule has 0 heterocycles. The summed E-state index contributed by atoms with van der Waals surface area (Å²) in [6, 6.07) is 0. The lowest BCUT2D eigenvalue weighted by atomic mass is 9.75. The van der Waals surface area contributed by atoms with Crippen LogP contribution in [0.1, 0.15) is 12.8 Å². The van der Waals surface area contributed by atoms with Crippen LogP contribution in [-0.2, 0) is 4.79 Å². The van der Waals surface area contributed by atoms with Crippen molar-refractivity contribution in [2.45, 2.75) is 12.8 Å². The molecule has 4 nitrogen and oxygen atoms in total. The first-order valence-corrected chi connectivity index (χ1v) is 3.39. The molecule has 0 aromatic rings. The van der Waals surface area contributed by atoms with Gasteiger partial charge in [-0.15, -0.1) is 0 Å². The Morgan fingerprint density at radius 2 is 2.30 bits per heavy atom. The van der Waals surface area contributed by atoms with Crippen LogP contribution in [0, 0.1) is 11.8 Å². The molecule has 0 aromatic heterocycles. The number of nitrogens with one attached hydrogen (secondary N) is 1. The highest BCUT2D eigenvalue weighted by Crippen LogP contribution is 2.32. The lowest BCUT2D eigenvalue weighted by Gasteiger charge is -2.31. The molecule has 0 radical (unpaired) electrons. The second-order valence-electron chi connectivity index (χ2n) is 2.73. The molecule has 0 aliphatic heterocycles. The van der Waals surface area contributed by atoms with Gasteiger partial charge in [0.25, 0.3) is 0 Å². The lowest BCUT2D eigenvalue weighted by Crippen LogP contribution is -2.42. The Kier molecular flexibility index (Phi) is 2.24. The average molecular weight is 144 g/mol. The number of amides is 1. The van der Waals surface area contributed by atoms with Gasteiger partial charge in [-0.25, -0.2) is 5.84 Å². The number of hydrogen-bond donors (Lipinski definition) is 3. The molecular formula is C6H12N2O2. The average Bonchev–Trinajstić information content (AvgIpc) is 1.85. The van der Waals surface area contributed by atoms with Crippen LogP contribution in [0.2, 0.25) is 0 Å². The summed E-state index contributed by atoms with van der Waals surface area (Å²) in [6.07, 6.45) is 1.55. The standard InChI is InChI=1S/C6H12N2O2/c7-8-6(10)5-1-4(2-5)3-9/h4-5,9H,1-3,7H2,(H,8,10). The monoisotopic (exact) mass is 144 g/mol. The van der Waals surface area contributed by atoms with E-state index < -0.39 is 0 Å². The van der Waals surface area contributed by atoms with Gasteiger partial charge in [0, 0.05) is 12.5 Å². The van der Waals surface area contributed by atoms with Crippen molar-refractivity contribution in [3.05, 3.63) is 0 Å². The number of rotatable bonds is 2. The highest BCUT2D eigenvalue weighted by molar-refractivity contribution is 5.78. The summed E-state index contributed by atoms with van der Waals surface area (Å²) in [5, 5.41) is 8.60. The molecule has 1 rings (SSSR count). The smallest absolute Gasteiger partial charge is 0.237 e. The second-order valence-corrected chi connectivity index (χ2v) is 2.73. The van der Waals surface area contributed by atoms with Gasteiger partial charge in [-0.05, 0) is 18.8 Å². The Hall–Kier alpha value is -0.610. The summed E-state index contributed by atoms with van der Waals surface area (Å²) < 4.78 is 0. The molecule has 0 atom stereocenters. The predicted molar refractivity (Wildman–Crippen MR) is 35.6 cm³/mol. The number of hydrazine groups is 1. The molecule has 0 spiro atoms. The largest absolute Gasteiger partial charge is 0.396 e. The van der Waals surface area contributed by atoms with Crippen molar-refractivity contribution in [1.29, 1.82) is 0 Å². The van der Waals surface area contributed by atoms with Gasteiger partial charge in [0.1, 0.15) is 0 Å². The van der Waals surface area contributed by atoms with E-state index >= 15 is 0 Å². The number of nitrogens with two attached hydrogens (primary N) is 1. The first kappa shape index (κ1) is 7.50. The molecule has 1 aliphatic rings. The Morgan fingerprint density at radius 3 is 2.70 bits per heavy atom. The van der Waals surface area contributed by atoms with E-state index in [1.54, 1.807) is 0 Å². The van der Waals surface area contributed by atoms with Crippen molar-refractivity contribution < 1.29 is 9.90 Å². The Morgan fingerprint density at radius 1 is 1.70 bits per heavy atom. The minimum absolute atomic E-state index is 0.0437. The van der Waals surface area contributed by atoms with Crippen molar-refractivity contribution in [2.24, 2.45) is 17.7 Å². The lowest BCUT2D eigenvalue weighted by molar-refractivity contribution is -0.129. The van der Waals surface area contributed by atoms with E-state index in [9.17, 15) is 4.79 Å². The van der Waals surface area contributed by atoms with E-state index in [1.807, 2.05) is 0 Å². The van der Waals surface area contributed by atoms with Crippen LogP contribution in [-0.4, -0.2) is 17.6 Å². The number of aliphatic hydroxyl groups is 1. The van der Waals surface area contributed by atoms with Crippen molar-refractivity contribution in [3.63, 3.8) is 0 Å². The van der Waals surface area contributed by atoms with Crippen LogP contribution in [0.25, 0.3) is 0 Å². The molecule has 0 saturated heterocycles. The second kappa shape index (κ2) is 2.98. The van der Waals surface area contributed by atoms with E-state index in [0.717, 1.165) is 12.8 Å². The summed E-state index contributed by atoms with van der Waals surface area (Å²) >= 11 is 0. The number of carbonyl (C=O) groups excluding carboxylic acids is 1. The van der Waals surface area contributed by atoms with Crippen LogP contribution in [0.3, 0.4) is 0 Å². The zero-order valence-electron chi connectivity index (χ0n) is 5.71. The molecule has 0 aromatic carbocycles. The Labute approximate surface area is 59.4 Å². The van der Waals surface area contributed by atoms with Gasteiger partial charge < -0.3 is 5.11 Å². The highest BCUT2D eigenvalue weighted by atomic mass is 16.3. The summed E-state index contributed by atoms with van der Waals surface area (Å²) in [7, 11) is 0. The molecule has 1 fully saturated rings. The molecule has 10 heavy (non-hydrogen) atoms. The molecule has 1 saturated carbocycles. The summed E-state index contributed by atoms with van der Waals surface area (Å²) in [5.41, 5.74) is 2.09. The number of aliphatic hydroxyl groups excluding tert-OH is 1. The quantitative estimate of drug-likeness (QED) is 0.264. The summed E-state index contributed by atoms with van der Waals surface area (Å²) in [5.74, 6) is 5.17. The fourth-order valence-corrected chi connectivity index (χ4v) is 1.22. The molecule has 1 aliphatic carbocycles. The van der Waals surface area contributed by atoms with Gasteiger partial charge in [0.2, 0.25) is 5.91 Å². The molecule has 1 amide bonds. The van der Waals surface area contributed by atoms with Crippen LogP contribution < -0.4 is 11.3 Å². The van der Waals surface area contributed by atoms with Gasteiger partial charge in [0.15, 0.2) is 0 Å². The molecule has 58 valence electrons. The molecule has 0 bridgehead atoms.